The lowest BCUT2D eigenvalue weighted by Gasteiger charge is -2.09. The Kier molecular flexibility index (Phi) is 5.48. The van der Waals surface area contributed by atoms with E-state index in [4.69, 9.17) is 19.0 Å². The monoisotopic (exact) mass is 389 g/mol. The van der Waals surface area contributed by atoms with Gasteiger partial charge in [0, 0.05) is 25.7 Å². The number of esters is 1. The number of nitrogens with zero attached hydrogens (tertiary/aromatic N) is 3. The van der Waals surface area contributed by atoms with E-state index in [1.165, 1.54) is 24.7 Å². The van der Waals surface area contributed by atoms with E-state index in [0.29, 0.717) is 17.2 Å². The molecule has 0 amide bonds. The first-order chi connectivity index (χ1) is 13.4. The van der Waals surface area contributed by atoms with Crippen molar-refractivity contribution in [2.75, 3.05) is 13.4 Å². The van der Waals surface area contributed by atoms with Gasteiger partial charge < -0.3 is 19.0 Å². The van der Waals surface area contributed by atoms with Gasteiger partial charge in [0.15, 0.2) is 11.5 Å². The summed E-state index contributed by atoms with van der Waals surface area (Å²) in [6, 6.07) is 6.56. The molecule has 0 saturated carbocycles. The van der Waals surface area contributed by atoms with Crippen LogP contribution in [0.15, 0.2) is 39.0 Å². The Hall–Kier alpha value is -3.56. The van der Waals surface area contributed by atoms with Gasteiger partial charge in [-0.2, -0.15) is 0 Å². The topological polar surface area (TPSA) is 110 Å². The average molecular weight is 389 g/mol. The van der Waals surface area contributed by atoms with E-state index in [1.807, 2.05) is 0 Å². The standard InChI is InChI=1S/C18H19N3O7/c1-11(12-4-5-14-15(6-12)27-10-26-14)19-28-9-17(23)25-8-13-7-16(22)21(3)18(24)20(13)2/h4-7H,8-10H2,1-3H3/b19-11-. The summed E-state index contributed by atoms with van der Waals surface area (Å²) in [5.41, 5.74) is 0.599. The molecule has 0 fully saturated rings. The Labute approximate surface area is 159 Å². The molecule has 0 saturated heterocycles. The molecule has 0 aliphatic carbocycles. The fraction of sp³-hybridized carbons (Fsp3) is 0.333. The summed E-state index contributed by atoms with van der Waals surface area (Å²) in [5.74, 6) is 0.590. The average Bonchev–Trinajstić information content (AvgIpc) is 3.15. The van der Waals surface area contributed by atoms with Crippen LogP contribution in [0.3, 0.4) is 0 Å². The molecule has 3 rings (SSSR count). The molecule has 1 aliphatic heterocycles. The predicted octanol–water partition coefficient (Wildman–Crippen LogP) is 0.297. The first-order valence-corrected chi connectivity index (χ1v) is 8.35. The molecule has 10 nitrogen and oxygen atoms in total. The van der Waals surface area contributed by atoms with Crippen molar-refractivity contribution in [3.8, 4) is 11.5 Å². The highest BCUT2D eigenvalue weighted by molar-refractivity contribution is 5.99. The summed E-state index contributed by atoms with van der Waals surface area (Å²) < 4.78 is 17.8. The van der Waals surface area contributed by atoms with Gasteiger partial charge in [0.25, 0.3) is 5.56 Å². The fourth-order valence-electron chi connectivity index (χ4n) is 2.47. The SMILES string of the molecule is C/C(=N/OCC(=O)OCc1cc(=O)n(C)c(=O)n1C)c1ccc2c(c1)OCO2. The number of aromatic nitrogens is 2. The molecule has 0 spiro atoms. The highest BCUT2D eigenvalue weighted by Gasteiger charge is 2.14. The van der Waals surface area contributed by atoms with Gasteiger partial charge in [-0.25, -0.2) is 9.59 Å². The maximum absolute atomic E-state index is 11.8. The molecule has 0 radical (unpaired) electrons. The summed E-state index contributed by atoms with van der Waals surface area (Å²) in [5, 5.41) is 3.88. The highest BCUT2D eigenvalue weighted by Crippen LogP contribution is 2.32. The van der Waals surface area contributed by atoms with Crippen LogP contribution in [0, 0.1) is 0 Å². The number of carbonyl (C=O) groups is 1. The predicted molar refractivity (Wildman–Crippen MR) is 97.4 cm³/mol. The lowest BCUT2D eigenvalue weighted by atomic mass is 10.1. The van der Waals surface area contributed by atoms with Gasteiger partial charge in [-0.15, -0.1) is 0 Å². The van der Waals surface area contributed by atoms with Crippen molar-refractivity contribution < 1.29 is 23.8 Å². The molecule has 2 aromatic rings. The van der Waals surface area contributed by atoms with E-state index in [2.05, 4.69) is 5.16 Å². The molecule has 10 heteroatoms. The first-order valence-electron chi connectivity index (χ1n) is 8.35. The van der Waals surface area contributed by atoms with Crippen LogP contribution < -0.4 is 20.7 Å². The van der Waals surface area contributed by atoms with E-state index in [9.17, 15) is 14.4 Å². The van der Waals surface area contributed by atoms with Crippen molar-refractivity contribution in [3.05, 3.63) is 56.4 Å². The molecule has 0 unspecified atom stereocenters. The van der Waals surface area contributed by atoms with Gasteiger partial charge in [-0.3, -0.25) is 13.9 Å². The van der Waals surface area contributed by atoms with Crippen LogP contribution >= 0.6 is 0 Å². The van der Waals surface area contributed by atoms with E-state index in [-0.39, 0.29) is 19.1 Å². The number of rotatable bonds is 6. The van der Waals surface area contributed by atoms with Crippen LogP contribution in [0.2, 0.25) is 0 Å². The number of fused-ring (bicyclic) bond motifs is 1. The minimum Gasteiger partial charge on any atom is -0.457 e. The lowest BCUT2D eigenvalue weighted by Crippen LogP contribution is -2.38. The van der Waals surface area contributed by atoms with Crippen molar-refractivity contribution in [2.45, 2.75) is 13.5 Å². The number of carbonyl (C=O) groups excluding carboxylic acids is 1. The number of oxime groups is 1. The molecule has 1 aromatic carbocycles. The second-order valence-electron chi connectivity index (χ2n) is 6.05. The number of benzene rings is 1. The molecule has 28 heavy (non-hydrogen) atoms. The third kappa shape index (κ3) is 4.05. The van der Waals surface area contributed by atoms with Crippen LogP contribution in [-0.2, 0) is 35.1 Å². The number of hydrogen-bond acceptors (Lipinski definition) is 8. The molecule has 1 aromatic heterocycles. The van der Waals surface area contributed by atoms with Crippen molar-refractivity contribution in [1.29, 1.82) is 0 Å². The van der Waals surface area contributed by atoms with Crippen molar-refractivity contribution in [3.63, 3.8) is 0 Å². The molecule has 148 valence electrons. The Morgan fingerprint density at radius 2 is 1.89 bits per heavy atom. The van der Waals surface area contributed by atoms with Crippen molar-refractivity contribution >= 4 is 11.7 Å². The normalized spacial score (nSPS) is 12.8. The third-order valence-electron chi connectivity index (χ3n) is 4.18. The lowest BCUT2D eigenvalue weighted by molar-refractivity contribution is -0.150. The largest absolute Gasteiger partial charge is 0.457 e. The molecular weight excluding hydrogens is 370 g/mol. The number of ether oxygens (including phenoxy) is 3. The summed E-state index contributed by atoms with van der Waals surface area (Å²) >= 11 is 0. The quantitative estimate of drug-likeness (QED) is 0.397. The number of hydrogen-bond donors (Lipinski definition) is 0. The molecule has 1 aliphatic rings. The molecule has 0 bridgehead atoms. The minimum atomic E-state index is -0.685. The molecule has 0 atom stereocenters. The van der Waals surface area contributed by atoms with Gasteiger partial charge in [-0.05, 0) is 25.1 Å². The zero-order chi connectivity index (χ0) is 20.3. The van der Waals surface area contributed by atoms with E-state index in [0.717, 1.165) is 10.1 Å². The van der Waals surface area contributed by atoms with Crippen LogP contribution in [0.4, 0.5) is 0 Å². The van der Waals surface area contributed by atoms with Crippen LogP contribution in [0.25, 0.3) is 0 Å². The van der Waals surface area contributed by atoms with Gasteiger partial charge in [0.2, 0.25) is 13.4 Å². The van der Waals surface area contributed by atoms with Gasteiger partial charge in [0.05, 0.1) is 11.4 Å². The Bertz CT molecular complexity index is 1050. The summed E-state index contributed by atoms with van der Waals surface area (Å²) in [6.07, 6.45) is 0. The smallest absolute Gasteiger partial charge is 0.347 e. The van der Waals surface area contributed by atoms with Crippen molar-refractivity contribution in [2.24, 2.45) is 19.3 Å². The molecular formula is C18H19N3O7. The first kappa shape index (κ1) is 19.2. The van der Waals surface area contributed by atoms with Crippen LogP contribution in [0.5, 0.6) is 11.5 Å². The Morgan fingerprint density at radius 1 is 1.14 bits per heavy atom. The maximum atomic E-state index is 11.8. The minimum absolute atomic E-state index is 0.177. The van der Waals surface area contributed by atoms with E-state index < -0.39 is 23.8 Å². The Balaban J connectivity index is 1.54. The summed E-state index contributed by atoms with van der Waals surface area (Å²) in [7, 11) is 2.86. The second-order valence-corrected chi connectivity index (χ2v) is 6.05. The maximum Gasteiger partial charge on any atom is 0.347 e. The molecule has 0 N–H and O–H groups in total. The zero-order valence-corrected chi connectivity index (χ0v) is 15.6. The second kappa shape index (κ2) is 7.99. The highest BCUT2D eigenvalue weighted by atomic mass is 16.7. The van der Waals surface area contributed by atoms with Gasteiger partial charge >= 0.3 is 11.7 Å². The van der Waals surface area contributed by atoms with Crippen LogP contribution in [-0.4, -0.2) is 34.2 Å². The van der Waals surface area contributed by atoms with Crippen molar-refractivity contribution in [1.82, 2.24) is 9.13 Å². The van der Waals surface area contributed by atoms with Gasteiger partial charge in [-0.1, -0.05) is 5.16 Å². The summed E-state index contributed by atoms with van der Waals surface area (Å²) in [6.45, 7) is 1.25. The third-order valence-corrected chi connectivity index (χ3v) is 4.18. The van der Waals surface area contributed by atoms with E-state index in [1.54, 1.807) is 25.1 Å². The van der Waals surface area contributed by atoms with E-state index >= 15 is 0 Å². The Morgan fingerprint density at radius 3 is 2.68 bits per heavy atom. The zero-order valence-electron chi connectivity index (χ0n) is 15.6. The fourth-order valence-corrected chi connectivity index (χ4v) is 2.47. The van der Waals surface area contributed by atoms with Gasteiger partial charge in [0.1, 0.15) is 6.61 Å². The molecule has 2 heterocycles. The van der Waals surface area contributed by atoms with Crippen LogP contribution in [0.1, 0.15) is 18.2 Å². The summed E-state index contributed by atoms with van der Waals surface area (Å²) in [4.78, 5) is 40.3.